The Bertz CT molecular complexity index is 753. The Balaban J connectivity index is 2.08. The number of nitriles is 1. The van der Waals surface area contributed by atoms with Crippen LogP contribution in [0, 0.1) is 11.3 Å². The van der Waals surface area contributed by atoms with E-state index in [1.54, 1.807) is 31.2 Å². The Morgan fingerprint density at radius 1 is 1.30 bits per heavy atom. The fraction of sp³-hybridized carbons (Fsp3) is 0.118. The van der Waals surface area contributed by atoms with Crippen LogP contribution in [0.1, 0.15) is 23.0 Å². The van der Waals surface area contributed by atoms with E-state index >= 15 is 0 Å². The predicted molar refractivity (Wildman–Crippen MR) is 83.3 cm³/mol. The Morgan fingerprint density at radius 2 is 2.04 bits per heavy atom. The molecule has 1 N–H and O–H groups in total. The van der Waals surface area contributed by atoms with Gasteiger partial charge in [-0.3, -0.25) is 4.79 Å². The number of amides is 1. The maximum Gasteiger partial charge on any atom is 0.338 e. The number of hydrogen-bond acceptors (Lipinski definition) is 5. The first-order chi connectivity index (χ1) is 11.1. The maximum absolute atomic E-state index is 12.1. The van der Waals surface area contributed by atoms with Crippen LogP contribution < -0.4 is 5.32 Å². The summed E-state index contributed by atoms with van der Waals surface area (Å²) in [4.78, 5) is 23.6. The summed E-state index contributed by atoms with van der Waals surface area (Å²) in [5.74, 6) is -0.581. The van der Waals surface area contributed by atoms with Crippen molar-refractivity contribution in [2.75, 3.05) is 11.9 Å². The Labute approximate surface area is 133 Å². The van der Waals surface area contributed by atoms with Gasteiger partial charge in [-0.25, -0.2) is 4.79 Å². The quantitative estimate of drug-likeness (QED) is 0.520. The number of ether oxygens (including phenoxy) is 1. The van der Waals surface area contributed by atoms with Gasteiger partial charge in [0.1, 0.15) is 17.4 Å². The average Bonchev–Trinajstić information content (AvgIpc) is 3.06. The summed E-state index contributed by atoms with van der Waals surface area (Å²) >= 11 is 0. The number of esters is 1. The molecule has 0 saturated heterocycles. The Kier molecular flexibility index (Phi) is 5.31. The fourth-order valence-corrected chi connectivity index (χ4v) is 1.77. The minimum absolute atomic E-state index is 0.0885. The number of nitrogens with one attached hydrogen (secondary N) is 1. The topological polar surface area (TPSA) is 92.3 Å². The van der Waals surface area contributed by atoms with Crippen molar-refractivity contribution in [3.63, 3.8) is 0 Å². The summed E-state index contributed by atoms with van der Waals surface area (Å²) in [6, 6.07) is 11.3. The van der Waals surface area contributed by atoms with Crippen LogP contribution in [0.5, 0.6) is 0 Å². The molecule has 0 aliphatic heterocycles. The monoisotopic (exact) mass is 310 g/mol. The van der Waals surface area contributed by atoms with Crippen LogP contribution in [0.25, 0.3) is 6.08 Å². The molecule has 0 aliphatic carbocycles. The van der Waals surface area contributed by atoms with E-state index in [-0.39, 0.29) is 5.57 Å². The molecule has 2 aromatic rings. The molecule has 6 nitrogen and oxygen atoms in total. The molecule has 0 aliphatic rings. The van der Waals surface area contributed by atoms with Gasteiger partial charge in [0, 0.05) is 11.8 Å². The maximum atomic E-state index is 12.1. The van der Waals surface area contributed by atoms with Crippen molar-refractivity contribution in [1.29, 1.82) is 5.26 Å². The minimum Gasteiger partial charge on any atom is -0.465 e. The lowest BCUT2D eigenvalue weighted by Crippen LogP contribution is -2.13. The second kappa shape index (κ2) is 7.61. The van der Waals surface area contributed by atoms with E-state index in [9.17, 15) is 9.59 Å². The second-order valence-corrected chi connectivity index (χ2v) is 4.44. The van der Waals surface area contributed by atoms with Gasteiger partial charge in [0.15, 0.2) is 0 Å². The molecule has 0 bridgehead atoms. The summed E-state index contributed by atoms with van der Waals surface area (Å²) in [5, 5.41) is 11.6. The lowest BCUT2D eigenvalue weighted by molar-refractivity contribution is -0.112. The summed E-state index contributed by atoms with van der Waals surface area (Å²) < 4.78 is 9.95. The molecular formula is C17H14N2O4. The molecule has 1 aromatic carbocycles. The first-order valence-corrected chi connectivity index (χ1v) is 6.88. The summed E-state index contributed by atoms with van der Waals surface area (Å²) in [7, 11) is 0. The van der Waals surface area contributed by atoms with E-state index in [0.717, 1.165) is 0 Å². The molecule has 0 fully saturated rings. The highest BCUT2D eigenvalue weighted by Gasteiger charge is 2.11. The first kappa shape index (κ1) is 16.0. The van der Waals surface area contributed by atoms with Gasteiger partial charge in [0.05, 0.1) is 18.4 Å². The van der Waals surface area contributed by atoms with Gasteiger partial charge in [-0.15, -0.1) is 0 Å². The van der Waals surface area contributed by atoms with Crippen molar-refractivity contribution in [3.8, 4) is 6.07 Å². The number of benzene rings is 1. The molecular weight excluding hydrogens is 296 g/mol. The summed E-state index contributed by atoms with van der Waals surface area (Å²) in [5.41, 5.74) is 0.759. The normalized spacial score (nSPS) is 10.7. The minimum atomic E-state index is -0.562. The van der Waals surface area contributed by atoms with E-state index < -0.39 is 11.9 Å². The number of carbonyl (C=O) groups is 2. The van der Waals surface area contributed by atoms with Crippen molar-refractivity contribution in [1.82, 2.24) is 0 Å². The SMILES string of the molecule is CCOC(=O)c1ccc(NC(=O)/C(C#N)=C\c2ccco2)cc1. The van der Waals surface area contributed by atoms with E-state index in [1.807, 2.05) is 6.07 Å². The molecule has 2 rings (SSSR count). The molecule has 116 valence electrons. The van der Waals surface area contributed by atoms with Crippen LogP contribution in [0.15, 0.2) is 52.7 Å². The third kappa shape index (κ3) is 4.32. The first-order valence-electron chi connectivity index (χ1n) is 6.88. The summed E-state index contributed by atoms with van der Waals surface area (Å²) in [6.07, 6.45) is 2.80. The van der Waals surface area contributed by atoms with Crippen molar-refractivity contribution in [3.05, 3.63) is 59.6 Å². The fourth-order valence-electron chi connectivity index (χ4n) is 1.77. The van der Waals surface area contributed by atoms with Gasteiger partial charge in [-0.2, -0.15) is 5.26 Å². The van der Waals surface area contributed by atoms with Gasteiger partial charge >= 0.3 is 5.97 Å². The molecule has 1 heterocycles. The van der Waals surface area contributed by atoms with Crippen molar-refractivity contribution in [2.45, 2.75) is 6.92 Å². The van der Waals surface area contributed by atoms with Gasteiger partial charge in [0.2, 0.25) is 0 Å². The highest BCUT2D eigenvalue weighted by Crippen LogP contribution is 2.13. The van der Waals surface area contributed by atoms with Crippen LogP contribution in [0.4, 0.5) is 5.69 Å². The average molecular weight is 310 g/mol. The standard InChI is InChI=1S/C17H14N2O4/c1-2-22-17(21)12-5-7-14(8-6-12)19-16(20)13(11-18)10-15-4-3-9-23-15/h3-10H,2H2,1H3,(H,19,20)/b13-10-. The molecule has 0 spiro atoms. The van der Waals surface area contributed by atoms with Crippen LogP contribution in [-0.4, -0.2) is 18.5 Å². The molecule has 23 heavy (non-hydrogen) atoms. The number of nitrogens with zero attached hydrogens (tertiary/aromatic N) is 1. The molecule has 0 unspecified atom stereocenters. The highest BCUT2D eigenvalue weighted by molar-refractivity contribution is 6.09. The van der Waals surface area contributed by atoms with Crippen LogP contribution in [0.3, 0.4) is 0 Å². The number of rotatable bonds is 5. The van der Waals surface area contributed by atoms with Crippen molar-refractivity contribution in [2.24, 2.45) is 0 Å². The van der Waals surface area contributed by atoms with Crippen molar-refractivity contribution >= 4 is 23.6 Å². The number of carbonyl (C=O) groups excluding carboxylic acids is 2. The lowest BCUT2D eigenvalue weighted by atomic mass is 10.2. The smallest absolute Gasteiger partial charge is 0.338 e. The van der Waals surface area contributed by atoms with Gasteiger partial charge < -0.3 is 14.5 Å². The Hall–Kier alpha value is -3.33. The molecule has 1 amide bonds. The lowest BCUT2D eigenvalue weighted by Gasteiger charge is -2.05. The van der Waals surface area contributed by atoms with E-state index in [4.69, 9.17) is 14.4 Å². The predicted octanol–water partition coefficient (Wildman–Crippen LogP) is 3.00. The zero-order valence-electron chi connectivity index (χ0n) is 12.4. The zero-order chi connectivity index (χ0) is 16.7. The zero-order valence-corrected chi connectivity index (χ0v) is 12.4. The van der Waals surface area contributed by atoms with Crippen LogP contribution >= 0.6 is 0 Å². The van der Waals surface area contributed by atoms with Gasteiger partial charge in [-0.05, 0) is 43.3 Å². The van der Waals surface area contributed by atoms with Gasteiger partial charge in [-0.1, -0.05) is 0 Å². The van der Waals surface area contributed by atoms with Crippen LogP contribution in [0.2, 0.25) is 0 Å². The molecule has 6 heteroatoms. The van der Waals surface area contributed by atoms with Gasteiger partial charge in [0.25, 0.3) is 5.91 Å². The third-order valence-corrected chi connectivity index (χ3v) is 2.85. The summed E-state index contributed by atoms with van der Waals surface area (Å²) in [6.45, 7) is 2.02. The number of hydrogen-bond donors (Lipinski definition) is 1. The number of anilines is 1. The number of furan rings is 1. The van der Waals surface area contributed by atoms with Crippen LogP contribution in [-0.2, 0) is 9.53 Å². The van der Waals surface area contributed by atoms with E-state index in [0.29, 0.717) is 23.6 Å². The largest absolute Gasteiger partial charge is 0.465 e. The Morgan fingerprint density at radius 3 is 2.61 bits per heavy atom. The molecule has 0 radical (unpaired) electrons. The highest BCUT2D eigenvalue weighted by atomic mass is 16.5. The molecule has 1 aromatic heterocycles. The van der Waals surface area contributed by atoms with Crippen molar-refractivity contribution < 1.29 is 18.7 Å². The second-order valence-electron chi connectivity index (χ2n) is 4.44. The molecule has 0 atom stereocenters. The third-order valence-electron chi connectivity index (χ3n) is 2.85. The van der Waals surface area contributed by atoms with E-state index in [1.165, 1.54) is 24.5 Å². The van der Waals surface area contributed by atoms with E-state index in [2.05, 4.69) is 5.32 Å². The molecule has 0 saturated carbocycles.